The van der Waals surface area contributed by atoms with E-state index < -0.39 is 0 Å². The maximum absolute atomic E-state index is 13.0. The number of hydrogen-bond donors (Lipinski definition) is 1. The lowest BCUT2D eigenvalue weighted by atomic mass is 10.1. The van der Waals surface area contributed by atoms with Crippen LogP contribution in [0.15, 0.2) is 53.3 Å². The Hall–Kier alpha value is -2.69. The molecule has 1 aromatic carbocycles. The molecular formula is C15H11FN2O2. The molecule has 3 rings (SSSR count). The van der Waals surface area contributed by atoms with Crippen LogP contribution in [0.4, 0.5) is 4.39 Å². The molecule has 0 bridgehead atoms. The standard InChI is InChI=1S/C15H11FN2O2/c16-12-4-3-10-6-11(8-17-14(10)7-12)15(19)18-9-13-2-1-5-20-13/h1-8H,9H2,(H,18,19). The van der Waals surface area contributed by atoms with Gasteiger partial charge in [-0.25, -0.2) is 4.39 Å². The molecule has 20 heavy (non-hydrogen) atoms. The van der Waals surface area contributed by atoms with Gasteiger partial charge >= 0.3 is 0 Å². The first-order chi connectivity index (χ1) is 9.72. The molecule has 0 atom stereocenters. The van der Waals surface area contributed by atoms with Crippen molar-refractivity contribution in [2.24, 2.45) is 0 Å². The molecule has 0 fully saturated rings. The highest BCUT2D eigenvalue weighted by molar-refractivity contribution is 5.97. The summed E-state index contributed by atoms with van der Waals surface area (Å²) in [6.45, 7) is 0.313. The molecule has 4 nitrogen and oxygen atoms in total. The summed E-state index contributed by atoms with van der Waals surface area (Å²) in [6, 6.07) is 9.49. The topological polar surface area (TPSA) is 55.1 Å². The smallest absolute Gasteiger partial charge is 0.253 e. The van der Waals surface area contributed by atoms with Crippen LogP contribution in [0.3, 0.4) is 0 Å². The monoisotopic (exact) mass is 270 g/mol. The van der Waals surface area contributed by atoms with Gasteiger partial charge in [0, 0.05) is 17.6 Å². The first-order valence-electron chi connectivity index (χ1n) is 6.08. The van der Waals surface area contributed by atoms with Gasteiger partial charge in [0.25, 0.3) is 5.91 Å². The third-order valence-corrected chi connectivity index (χ3v) is 2.91. The van der Waals surface area contributed by atoms with Crippen molar-refractivity contribution < 1.29 is 13.6 Å². The molecule has 0 aliphatic heterocycles. The second kappa shape index (κ2) is 5.13. The average molecular weight is 270 g/mol. The van der Waals surface area contributed by atoms with Crippen molar-refractivity contribution in [1.29, 1.82) is 0 Å². The van der Waals surface area contributed by atoms with E-state index >= 15 is 0 Å². The lowest BCUT2D eigenvalue weighted by molar-refractivity contribution is 0.0948. The van der Waals surface area contributed by atoms with E-state index in [1.165, 1.54) is 18.3 Å². The predicted octanol–water partition coefficient (Wildman–Crippen LogP) is 2.90. The van der Waals surface area contributed by atoms with E-state index in [9.17, 15) is 9.18 Å². The molecule has 2 aromatic heterocycles. The number of pyridine rings is 1. The summed E-state index contributed by atoms with van der Waals surface area (Å²) >= 11 is 0. The largest absolute Gasteiger partial charge is 0.467 e. The van der Waals surface area contributed by atoms with Gasteiger partial charge in [0.1, 0.15) is 11.6 Å². The van der Waals surface area contributed by atoms with Crippen molar-refractivity contribution in [1.82, 2.24) is 10.3 Å². The fraction of sp³-hybridized carbons (Fsp3) is 0.0667. The molecule has 0 aliphatic rings. The minimum absolute atomic E-state index is 0.250. The van der Waals surface area contributed by atoms with Crippen molar-refractivity contribution >= 4 is 16.8 Å². The quantitative estimate of drug-likeness (QED) is 0.796. The van der Waals surface area contributed by atoms with Gasteiger partial charge in [-0.3, -0.25) is 9.78 Å². The average Bonchev–Trinajstić information content (AvgIpc) is 2.97. The van der Waals surface area contributed by atoms with Crippen LogP contribution in [0.2, 0.25) is 0 Å². The summed E-state index contributed by atoms with van der Waals surface area (Å²) in [7, 11) is 0. The van der Waals surface area contributed by atoms with Gasteiger partial charge in [-0.05, 0) is 30.3 Å². The lowest BCUT2D eigenvalue weighted by Crippen LogP contribution is -2.22. The molecule has 0 saturated heterocycles. The van der Waals surface area contributed by atoms with Crippen LogP contribution < -0.4 is 5.32 Å². The Morgan fingerprint density at radius 1 is 1.30 bits per heavy atom. The maximum Gasteiger partial charge on any atom is 0.253 e. The van der Waals surface area contributed by atoms with Crippen LogP contribution in [0.25, 0.3) is 10.9 Å². The summed E-state index contributed by atoms with van der Waals surface area (Å²) < 4.78 is 18.2. The molecule has 3 aromatic rings. The summed E-state index contributed by atoms with van der Waals surface area (Å²) in [5.41, 5.74) is 0.947. The molecular weight excluding hydrogens is 259 g/mol. The van der Waals surface area contributed by atoms with Crippen LogP contribution in [-0.4, -0.2) is 10.9 Å². The summed E-state index contributed by atoms with van der Waals surface area (Å²) in [4.78, 5) is 16.1. The SMILES string of the molecule is O=C(NCc1ccco1)c1cnc2cc(F)ccc2c1. The first-order valence-corrected chi connectivity index (χ1v) is 6.08. The summed E-state index contributed by atoms with van der Waals surface area (Å²) in [6.07, 6.45) is 2.98. The van der Waals surface area contributed by atoms with Gasteiger partial charge in [0.15, 0.2) is 0 Å². The van der Waals surface area contributed by atoms with E-state index in [1.807, 2.05) is 0 Å². The fourth-order valence-corrected chi connectivity index (χ4v) is 1.90. The van der Waals surface area contributed by atoms with Gasteiger partial charge < -0.3 is 9.73 Å². The Balaban J connectivity index is 1.79. The van der Waals surface area contributed by atoms with Gasteiger partial charge in [0.2, 0.25) is 0 Å². The molecule has 0 saturated carbocycles. The highest BCUT2D eigenvalue weighted by Crippen LogP contribution is 2.14. The molecule has 1 N–H and O–H groups in total. The molecule has 0 radical (unpaired) electrons. The van der Waals surface area contributed by atoms with Crippen molar-refractivity contribution in [2.45, 2.75) is 6.54 Å². The molecule has 5 heteroatoms. The second-order valence-electron chi connectivity index (χ2n) is 4.32. The van der Waals surface area contributed by atoms with Gasteiger partial charge in [-0.1, -0.05) is 0 Å². The third-order valence-electron chi connectivity index (χ3n) is 2.91. The summed E-state index contributed by atoms with van der Waals surface area (Å²) in [5, 5.41) is 3.45. The highest BCUT2D eigenvalue weighted by Gasteiger charge is 2.08. The number of rotatable bonds is 3. The molecule has 2 heterocycles. The van der Waals surface area contributed by atoms with Crippen LogP contribution in [0.1, 0.15) is 16.1 Å². The number of nitrogens with one attached hydrogen (secondary N) is 1. The second-order valence-corrected chi connectivity index (χ2v) is 4.32. The number of aromatic nitrogens is 1. The third kappa shape index (κ3) is 2.51. The molecule has 1 amide bonds. The predicted molar refractivity (Wildman–Crippen MR) is 71.6 cm³/mol. The molecule has 0 spiro atoms. The number of halogens is 1. The van der Waals surface area contributed by atoms with E-state index in [0.717, 1.165) is 5.39 Å². The Bertz CT molecular complexity index is 754. The van der Waals surface area contributed by atoms with E-state index in [4.69, 9.17) is 4.42 Å². The number of carbonyl (C=O) groups excluding carboxylic acids is 1. The molecule has 100 valence electrons. The number of amides is 1. The zero-order chi connectivity index (χ0) is 13.9. The number of carbonyl (C=O) groups is 1. The summed E-state index contributed by atoms with van der Waals surface area (Å²) in [5.74, 6) is 0.0781. The van der Waals surface area contributed by atoms with Crippen molar-refractivity contribution in [3.05, 3.63) is 66.0 Å². The van der Waals surface area contributed by atoms with Gasteiger partial charge in [0.05, 0.1) is 23.9 Å². The van der Waals surface area contributed by atoms with E-state index in [-0.39, 0.29) is 11.7 Å². The van der Waals surface area contributed by atoms with E-state index in [2.05, 4.69) is 10.3 Å². The Morgan fingerprint density at radius 3 is 3.00 bits per heavy atom. The zero-order valence-corrected chi connectivity index (χ0v) is 10.5. The van der Waals surface area contributed by atoms with Crippen LogP contribution in [0, 0.1) is 5.82 Å². The fourth-order valence-electron chi connectivity index (χ4n) is 1.90. The molecule has 0 aliphatic carbocycles. The maximum atomic E-state index is 13.0. The Kier molecular flexibility index (Phi) is 3.16. The minimum atomic E-state index is -0.347. The van der Waals surface area contributed by atoms with Crippen molar-refractivity contribution in [2.75, 3.05) is 0 Å². The first kappa shape index (κ1) is 12.3. The van der Waals surface area contributed by atoms with Crippen LogP contribution >= 0.6 is 0 Å². The van der Waals surface area contributed by atoms with Gasteiger partial charge in [-0.15, -0.1) is 0 Å². The normalized spacial score (nSPS) is 10.7. The van der Waals surface area contributed by atoms with Crippen LogP contribution in [-0.2, 0) is 6.54 Å². The lowest BCUT2D eigenvalue weighted by Gasteiger charge is -2.04. The van der Waals surface area contributed by atoms with Crippen molar-refractivity contribution in [3.8, 4) is 0 Å². The number of nitrogens with zero attached hydrogens (tertiary/aromatic N) is 1. The number of benzene rings is 1. The number of hydrogen-bond acceptors (Lipinski definition) is 3. The van der Waals surface area contributed by atoms with Crippen molar-refractivity contribution in [3.63, 3.8) is 0 Å². The Labute approximate surface area is 114 Å². The van der Waals surface area contributed by atoms with Crippen LogP contribution in [0.5, 0.6) is 0 Å². The Morgan fingerprint density at radius 2 is 2.20 bits per heavy atom. The number of furan rings is 1. The van der Waals surface area contributed by atoms with Gasteiger partial charge in [-0.2, -0.15) is 0 Å². The number of fused-ring (bicyclic) bond motifs is 1. The minimum Gasteiger partial charge on any atom is -0.467 e. The van der Waals surface area contributed by atoms with E-state index in [1.54, 1.807) is 30.5 Å². The highest BCUT2D eigenvalue weighted by atomic mass is 19.1. The van der Waals surface area contributed by atoms with E-state index in [0.29, 0.717) is 23.4 Å². The molecule has 0 unspecified atom stereocenters. The zero-order valence-electron chi connectivity index (χ0n) is 10.5.